The summed E-state index contributed by atoms with van der Waals surface area (Å²) in [6.45, 7) is -0.0349. The Morgan fingerprint density at radius 2 is 1.90 bits per heavy atom. The molecule has 8 nitrogen and oxygen atoms in total. The van der Waals surface area contributed by atoms with Crippen molar-refractivity contribution in [1.29, 1.82) is 0 Å². The van der Waals surface area contributed by atoms with E-state index in [1.54, 1.807) is 36.5 Å². The van der Waals surface area contributed by atoms with Gasteiger partial charge in [-0.05, 0) is 72.9 Å². The van der Waals surface area contributed by atoms with E-state index in [1.165, 1.54) is 29.9 Å². The molecule has 3 amide bonds. The van der Waals surface area contributed by atoms with Crippen LogP contribution in [0.5, 0.6) is 0 Å². The van der Waals surface area contributed by atoms with Crippen LogP contribution in [-0.2, 0) is 10.3 Å². The van der Waals surface area contributed by atoms with Crippen molar-refractivity contribution in [3.8, 4) is 0 Å². The summed E-state index contributed by atoms with van der Waals surface area (Å²) in [7, 11) is 0. The standard InChI is InChI=1S/C29H31ClFN5O3/c30-20-7-9-21(10-8-20)34-28(39)36-17-22(37)16-25(36)27(38)35-24-15-19(6-11-23(24)31)29(32,13-12-18-4-5-18)26-3-1-2-14-33-26/h1-3,6-11,14-15,18,22,25,37H,4-5,12-13,16-17,32H2,(H,34,39)(H,35,38)/t22-,25-,29?/m1/s1. The minimum absolute atomic E-state index is 0.0251. The number of nitrogens with two attached hydrogens (primary N) is 1. The average molecular weight is 552 g/mol. The smallest absolute Gasteiger partial charge is 0.322 e. The molecule has 2 aliphatic rings. The topological polar surface area (TPSA) is 121 Å². The highest BCUT2D eigenvalue weighted by Gasteiger charge is 2.40. The molecule has 2 fully saturated rings. The molecule has 5 N–H and O–H groups in total. The first-order valence-electron chi connectivity index (χ1n) is 13.1. The number of carbonyl (C=O) groups is 2. The van der Waals surface area contributed by atoms with Gasteiger partial charge in [0.15, 0.2) is 0 Å². The Balaban J connectivity index is 1.36. The van der Waals surface area contributed by atoms with Crippen molar-refractivity contribution in [3.05, 3.63) is 89.0 Å². The van der Waals surface area contributed by atoms with Crippen LogP contribution in [0.4, 0.5) is 20.6 Å². The lowest BCUT2D eigenvalue weighted by atomic mass is 9.82. The fraction of sp³-hybridized carbons (Fsp3) is 0.345. The van der Waals surface area contributed by atoms with Gasteiger partial charge in [-0.1, -0.05) is 36.6 Å². The van der Waals surface area contributed by atoms with Crippen LogP contribution in [0.2, 0.25) is 5.02 Å². The van der Waals surface area contributed by atoms with Gasteiger partial charge in [-0.3, -0.25) is 9.78 Å². The highest BCUT2D eigenvalue weighted by molar-refractivity contribution is 6.30. The molecule has 1 saturated heterocycles. The van der Waals surface area contributed by atoms with Crippen molar-refractivity contribution >= 4 is 34.9 Å². The van der Waals surface area contributed by atoms with E-state index in [1.807, 2.05) is 18.2 Å². The molecule has 2 heterocycles. The molecule has 10 heteroatoms. The van der Waals surface area contributed by atoms with Gasteiger partial charge in [0.2, 0.25) is 5.91 Å². The first-order chi connectivity index (χ1) is 18.7. The normalized spacial score (nSPS) is 20.4. The van der Waals surface area contributed by atoms with Gasteiger partial charge in [-0.2, -0.15) is 0 Å². The number of likely N-dealkylation sites (tertiary alicyclic amines) is 1. The van der Waals surface area contributed by atoms with Crippen molar-refractivity contribution in [2.24, 2.45) is 11.7 Å². The number of carbonyl (C=O) groups excluding carboxylic acids is 2. The van der Waals surface area contributed by atoms with Gasteiger partial charge in [0.05, 0.1) is 23.0 Å². The molecular weight excluding hydrogens is 521 g/mol. The molecule has 0 bridgehead atoms. The number of nitrogens with zero attached hydrogens (tertiary/aromatic N) is 2. The SMILES string of the molecule is NC(CCC1CC1)(c1ccc(F)c(NC(=O)[C@H]2C[C@@H](O)CN2C(=O)Nc2ccc(Cl)cc2)c1)c1ccccn1. The second-order valence-corrected chi connectivity index (χ2v) is 10.8. The monoisotopic (exact) mass is 551 g/mol. The number of urea groups is 1. The van der Waals surface area contributed by atoms with Gasteiger partial charge < -0.3 is 26.4 Å². The third kappa shape index (κ3) is 6.21. The van der Waals surface area contributed by atoms with E-state index in [4.69, 9.17) is 17.3 Å². The molecule has 3 aromatic rings. The Morgan fingerprint density at radius 3 is 2.59 bits per heavy atom. The zero-order valence-electron chi connectivity index (χ0n) is 21.3. The van der Waals surface area contributed by atoms with Crippen LogP contribution in [0, 0.1) is 11.7 Å². The van der Waals surface area contributed by atoms with Crippen LogP contribution in [0.25, 0.3) is 0 Å². The molecule has 0 spiro atoms. The lowest BCUT2D eigenvalue weighted by molar-refractivity contribution is -0.119. The number of hydrogen-bond donors (Lipinski definition) is 4. The van der Waals surface area contributed by atoms with Gasteiger partial charge in [0, 0.05) is 29.9 Å². The molecular formula is C29H31ClFN5O3. The summed E-state index contributed by atoms with van der Waals surface area (Å²) in [5.74, 6) is -0.601. The van der Waals surface area contributed by atoms with E-state index in [2.05, 4.69) is 15.6 Å². The summed E-state index contributed by atoms with van der Waals surface area (Å²) in [6.07, 6.45) is 4.71. The maximum absolute atomic E-state index is 15.0. The second-order valence-electron chi connectivity index (χ2n) is 10.3. The largest absolute Gasteiger partial charge is 0.391 e. The molecule has 2 aromatic carbocycles. The minimum Gasteiger partial charge on any atom is -0.391 e. The first kappa shape index (κ1) is 27.1. The van der Waals surface area contributed by atoms with Gasteiger partial charge in [-0.15, -0.1) is 0 Å². The van der Waals surface area contributed by atoms with Crippen molar-refractivity contribution in [2.45, 2.75) is 49.8 Å². The highest BCUT2D eigenvalue weighted by Crippen LogP contribution is 2.40. The van der Waals surface area contributed by atoms with E-state index in [-0.39, 0.29) is 18.7 Å². The number of β-amino-alcohol motifs (C(OH)–C–C–N with tert-alkyl or cyclic N) is 1. The Labute approximate surface area is 231 Å². The summed E-state index contributed by atoms with van der Waals surface area (Å²) >= 11 is 5.91. The fourth-order valence-corrected chi connectivity index (χ4v) is 5.14. The van der Waals surface area contributed by atoms with Crippen LogP contribution in [0.1, 0.15) is 43.4 Å². The van der Waals surface area contributed by atoms with Crippen molar-refractivity contribution in [1.82, 2.24) is 9.88 Å². The number of nitrogens with one attached hydrogen (secondary N) is 2. The maximum Gasteiger partial charge on any atom is 0.322 e. The number of benzene rings is 2. The maximum atomic E-state index is 15.0. The van der Waals surface area contributed by atoms with Crippen molar-refractivity contribution in [3.63, 3.8) is 0 Å². The number of aliphatic hydroxyl groups is 1. The number of anilines is 2. The quantitative estimate of drug-likeness (QED) is 0.318. The average Bonchev–Trinajstić information content (AvgIpc) is 3.69. The minimum atomic E-state index is -0.997. The third-order valence-corrected chi connectivity index (χ3v) is 7.70. The van der Waals surface area contributed by atoms with Crippen LogP contribution < -0.4 is 16.4 Å². The number of pyridine rings is 1. The zero-order chi connectivity index (χ0) is 27.6. The van der Waals surface area contributed by atoms with Crippen molar-refractivity contribution in [2.75, 3.05) is 17.2 Å². The molecule has 204 valence electrons. The molecule has 0 radical (unpaired) electrons. The fourth-order valence-electron chi connectivity index (χ4n) is 5.02. The van der Waals surface area contributed by atoms with Crippen LogP contribution in [-0.4, -0.2) is 45.6 Å². The summed E-state index contributed by atoms with van der Waals surface area (Å²) in [6, 6.07) is 14.9. The Kier molecular flexibility index (Phi) is 7.83. The van der Waals surface area contributed by atoms with E-state index in [0.717, 1.165) is 6.42 Å². The van der Waals surface area contributed by atoms with Crippen LogP contribution >= 0.6 is 11.6 Å². The number of halogens is 2. The molecule has 5 rings (SSSR count). The predicted octanol–water partition coefficient (Wildman–Crippen LogP) is 4.87. The van der Waals surface area contributed by atoms with Gasteiger partial charge in [0.1, 0.15) is 11.9 Å². The number of aromatic nitrogens is 1. The second kappa shape index (κ2) is 11.3. The number of aliphatic hydroxyl groups excluding tert-OH is 1. The van der Waals surface area contributed by atoms with Gasteiger partial charge in [-0.25, -0.2) is 9.18 Å². The van der Waals surface area contributed by atoms with Gasteiger partial charge >= 0.3 is 6.03 Å². The predicted molar refractivity (Wildman–Crippen MR) is 148 cm³/mol. The molecule has 1 aromatic heterocycles. The highest BCUT2D eigenvalue weighted by atomic mass is 35.5. The van der Waals surface area contributed by atoms with Crippen LogP contribution in [0.3, 0.4) is 0 Å². The molecule has 1 aliphatic carbocycles. The van der Waals surface area contributed by atoms with Gasteiger partial charge in [0.25, 0.3) is 0 Å². The summed E-state index contributed by atoms with van der Waals surface area (Å²) in [5, 5.41) is 16.1. The van der Waals surface area contributed by atoms with E-state index < -0.39 is 35.4 Å². The molecule has 1 aliphatic heterocycles. The lowest BCUT2D eigenvalue weighted by Gasteiger charge is -2.30. The Morgan fingerprint density at radius 1 is 1.13 bits per heavy atom. The summed E-state index contributed by atoms with van der Waals surface area (Å²) < 4.78 is 15.0. The number of hydrogen-bond acceptors (Lipinski definition) is 5. The molecule has 1 unspecified atom stereocenters. The Hall–Kier alpha value is -3.53. The molecule has 1 saturated carbocycles. The lowest BCUT2D eigenvalue weighted by Crippen LogP contribution is -2.45. The van der Waals surface area contributed by atoms with E-state index in [0.29, 0.717) is 34.3 Å². The first-order valence-corrected chi connectivity index (χ1v) is 13.4. The molecule has 3 atom stereocenters. The van der Waals surface area contributed by atoms with Crippen LogP contribution in [0.15, 0.2) is 66.9 Å². The summed E-state index contributed by atoms with van der Waals surface area (Å²) in [4.78, 5) is 32.0. The van der Waals surface area contributed by atoms with E-state index >= 15 is 0 Å². The summed E-state index contributed by atoms with van der Waals surface area (Å²) in [5.41, 5.74) is 7.72. The Bertz CT molecular complexity index is 1340. The zero-order valence-corrected chi connectivity index (χ0v) is 22.1. The van der Waals surface area contributed by atoms with Crippen molar-refractivity contribution < 1.29 is 19.1 Å². The third-order valence-electron chi connectivity index (χ3n) is 7.44. The number of amides is 3. The van der Waals surface area contributed by atoms with E-state index in [9.17, 15) is 19.1 Å². The molecule has 39 heavy (non-hydrogen) atoms. The number of rotatable bonds is 8.